The first-order valence-electron chi connectivity index (χ1n) is 10.7. The smallest absolute Gasteiger partial charge is 0.460 e. The Kier molecular flexibility index (Phi) is 5.38. The van der Waals surface area contributed by atoms with Crippen LogP contribution in [-0.4, -0.2) is 51.4 Å². The van der Waals surface area contributed by atoms with Crippen molar-refractivity contribution >= 4 is 45.2 Å². The molecule has 8 nitrogen and oxygen atoms in total. The van der Waals surface area contributed by atoms with E-state index in [4.69, 9.17) is 13.7 Å². The maximum atomic E-state index is 13.9. The summed E-state index contributed by atoms with van der Waals surface area (Å²) >= 11 is 0. The summed E-state index contributed by atoms with van der Waals surface area (Å²) in [4.78, 5) is 12.7. The molecule has 2 aromatic rings. The van der Waals surface area contributed by atoms with Crippen LogP contribution in [0.2, 0.25) is 0 Å². The molecule has 0 spiro atoms. The quantitative estimate of drug-likeness (QED) is 0.611. The van der Waals surface area contributed by atoms with Gasteiger partial charge in [0.15, 0.2) is 0 Å². The minimum atomic E-state index is -3.70. The number of hydrogen-bond acceptors (Lipinski definition) is 6. The van der Waals surface area contributed by atoms with Gasteiger partial charge >= 0.3 is 7.12 Å². The highest BCUT2D eigenvalue weighted by Gasteiger charge is 2.61. The second-order valence-electron chi connectivity index (χ2n) is 9.47. The van der Waals surface area contributed by atoms with E-state index >= 15 is 0 Å². The summed E-state index contributed by atoms with van der Waals surface area (Å²) in [6, 6.07) is 2.91. The van der Waals surface area contributed by atoms with Crippen LogP contribution < -0.4 is 15.5 Å². The molecular formula is C21H27BF2N2O6S. The Bertz CT molecular complexity index is 1230. The lowest BCUT2D eigenvalue weighted by Gasteiger charge is -2.32. The molecule has 2 heterocycles. The Balaban J connectivity index is 1.93. The van der Waals surface area contributed by atoms with Gasteiger partial charge in [-0.25, -0.2) is 17.2 Å². The summed E-state index contributed by atoms with van der Waals surface area (Å²) in [6.07, 6.45) is -0.420. The largest absolute Gasteiger partial charge is 0.497 e. The number of carbonyl (C=O) groups is 1. The standard InChI is InChI=1S/C21H27BF2N2O6S/c1-7-33(28,29)26-14-9-15-11(8-13(14)22-31-19(2,3)20(4,5)32-22)16(18(27)25-6)17(30-15)12-10-21(12,23)24/h8-9,12,26H,7,10H2,1-6H3,(H,25,27). The molecule has 1 aromatic carbocycles. The topological polar surface area (TPSA) is 107 Å². The molecule has 0 radical (unpaired) electrons. The Morgan fingerprint density at radius 3 is 2.24 bits per heavy atom. The van der Waals surface area contributed by atoms with Crippen LogP contribution in [0.4, 0.5) is 14.5 Å². The van der Waals surface area contributed by atoms with Gasteiger partial charge in [0.2, 0.25) is 10.0 Å². The number of amides is 1. The third kappa shape index (κ3) is 4.02. The summed E-state index contributed by atoms with van der Waals surface area (Å²) in [5, 5.41) is 2.74. The summed E-state index contributed by atoms with van der Waals surface area (Å²) in [5.41, 5.74) is -0.867. The van der Waals surface area contributed by atoms with Gasteiger partial charge in [0.1, 0.15) is 11.3 Å². The summed E-state index contributed by atoms with van der Waals surface area (Å²) in [7, 11) is -3.27. The fourth-order valence-corrected chi connectivity index (χ4v) is 4.43. The molecule has 1 amide bonds. The van der Waals surface area contributed by atoms with Gasteiger partial charge < -0.3 is 19.0 Å². The number of anilines is 1. The molecular weight excluding hydrogens is 457 g/mol. The van der Waals surface area contributed by atoms with Crippen molar-refractivity contribution in [2.75, 3.05) is 17.5 Å². The highest BCUT2D eigenvalue weighted by Crippen LogP contribution is 2.57. The second kappa shape index (κ2) is 7.41. The zero-order chi connectivity index (χ0) is 24.6. The van der Waals surface area contributed by atoms with Crippen molar-refractivity contribution in [3.8, 4) is 0 Å². The minimum Gasteiger partial charge on any atom is -0.460 e. The number of hydrogen-bond donors (Lipinski definition) is 2. The van der Waals surface area contributed by atoms with Gasteiger partial charge in [-0.2, -0.15) is 0 Å². The van der Waals surface area contributed by atoms with Crippen molar-refractivity contribution in [3.63, 3.8) is 0 Å². The number of halogens is 2. The number of furan rings is 1. The fraction of sp³-hybridized carbons (Fsp3) is 0.571. The van der Waals surface area contributed by atoms with Crippen LogP contribution in [0, 0.1) is 0 Å². The van der Waals surface area contributed by atoms with Crippen molar-refractivity contribution in [2.45, 2.75) is 64.1 Å². The van der Waals surface area contributed by atoms with Gasteiger partial charge in [0.25, 0.3) is 11.8 Å². The molecule has 2 N–H and O–H groups in total. The molecule has 4 rings (SSSR count). The molecule has 2 fully saturated rings. The van der Waals surface area contributed by atoms with Crippen molar-refractivity contribution < 1.29 is 35.7 Å². The Morgan fingerprint density at radius 2 is 1.76 bits per heavy atom. The molecule has 1 aliphatic heterocycles. The van der Waals surface area contributed by atoms with Gasteiger partial charge in [-0.3, -0.25) is 9.52 Å². The first kappa shape index (κ1) is 24.0. The maximum absolute atomic E-state index is 13.9. The van der Waals surface area contributed by atoms with Crippen LogP contribution >= 0.6 is 0 Å². The number of nitrogens with one attached hydrogen (secondary N) is 2. The van der Waals surface area contributed by atoms with Crippen molar-refractivity contribution in [1.82, 2.24) is 5.32 Å². The van der Waals surface area contributed by atoms with Gasteiger partial charge in [-0.05, 0) is 40.7 Å². The van der Waals surface area contributed by atoms with E-state index in [0.717, 1.165) is 0 Å². The van der Waals surface area contributed by atoms with Crippen LogP contribution in [0.15, 0.2) is 16.5 Å². The Hall–Kier alpha value is -2.18. The van der Waals surface area contributed by atoms with E-state index in [2.05, 4.69) is 10.0 Å². The minimum absolute atomic E-state index is 0.00246. The van der Waals surface area contributed by atoms with Gasteiger partial charge in [-0.1, -0.05) is 0 Å². The van der Waals surface area contributed by atoms with Crippen LogP contribution in [0.25, 0.3) is 11.0 Å². The number of alkyl halides is 2. The van der Waals surface area contributed by atoms with E-state index in [-0.39, 0.29) is 33.7 Å². The number of carbonyl (C=O) groups excluding carboxylic acids is 1. The Morgan fingerprint density at radius 1 is 1.18 bits per heavy atom. The normalized spacial score (nSPS) is 23.0. The zero-order valence-corrected chi connectivity index (χ0v) is 20.2. The van der Waals surface area contributed by atoms with E-state index in [0.29, 0.717) is 5.46 Å². The first-order chi connectivity index (χ1) is 15.1. The molecule has 12 heteroatoms. The number of sulfonamides is 1. The molecule has 1 aliphatic carbocycles. The predicted molar refractivity (Wildman–Crippen MR) is 121 cm³/mol. The molecule has 0 bridgehead atoms. The molecule has 1 unspecified atom stereocenters. The molecule has 2 aliphatic rings. The molecule has 1 saturated carbocycles. The van der Waals surface area contributed by atoms with E-state index < -0.39 is 52.5 Å². The van der Waals surface area contributed by atoms with E-state index in [1.807, 2.05) is 27.7 Å². The predicted octanol–water partition coefficient (Wildman–Crippen LogP) is 2.98. The third-order valence-electron chi connectivity index (χ3n) is 6.64. The fourth-order valence-electron chi connectivity index (χ4n) is 3.77. The average Bonchev–Trinajstić information content (AvgIpc) is 3.08. The SMILES string of the molecule is CCS(=O)(=O)Nc1cc2oc(C3CC3(F)F)c(C(=O)NC)c2cc1B1OC(C)(C)C(C)(C)O1. The van der Waals surface area contributed by atoms with Crippen molar-refractivity contribution in [2.24, 2.45) is 0 Å². The molecule has 1 saturated heterocycles. The Labute approximate surface area is 191 Å². The number of benzene rings is 1. The van der Waals surface area contributed by atoms with Crippen LogP contribution in [0.5, 0.6) is 0 Å². The van der Waals surface area contributed by atoms with Crippen LogP contribution in [0.3, 0.4) is 0 Å². The lowest BCUT2D eigenvalue weighted by Crippen LogP contribution is -2.41. The summed E-state index contributed by atoms with van der Waals surface area (Å²) in [6.45, 7) is 8.88. The molecule has 33 heavy (non-hydrogen) atoms. The van der Waals surface area contributed by atoms with Gasteiger partial charge in [0.05, 0.1) is 34.1 Å². The van der Waals surface area contributed by atoms with Crippen LogP contribution in [0.1, 0.15) is 63.1 Å². The van der Waals surface area contributed by atoms with E-state index in [1.54, 1.807) is 0 Å². The zero-order valence-electron chi connectivity index (χ0n) is 19.3. The number of fused-ring (bicyclic) bond motifs is 1. The highest BCUT2D eigenvalue weighted by atomic mass is 32.2. The van der Waals surface area contributed by atoms with Gasteiger partial charge in [-0.15, -0.1) is 0 Å². The van der Waals surface area contributed by atoms with Gasteiger partial charge in [0, 0.05) is 30.4 Å². The molecule has 1 aromatic heterocycles. The number of rotatable bonds is 6. The van der Waals surface area contributed by atoms with Crippen molar-refractivity contribution in [3.05, 3.63) is 23.5 Å². The van der Waals surface area contributed by atoms with E-state index in [1.165, 1.54) is 26.1 Å². The summed E-state index contributed by atoms with van der Waals surface area (Å²) < 4.78 is 72.9. The van der Waals surface area contributed by atoms with E-state index in [9.17, 15) is 22.0 Å². The highest BCUT2D eigenvalue weighted by molar-refractivity contribution is 7.92. The molecule has 180 valence electrons. The van der Waals surface area contributed by atoms with Crippen molar-refractivity contribution in [1.29, 1.82) is 0 Å². The molecule has 1 atom stereocenters. The van der Waals surface area contributed by atoms with Crippen LogP contribution in [-0.2, 0) is 19.3 Å². The monoisotopic (exact) mass is 484 g/mol. The lowest BCUT2D eigenvalue weighted by molar-refractivity contribution is 0.00578. The second-order valence-corrected chi connectivity index (χ2v) is 11.5. The maximum Gasteiger partial charge on any atom is 0.497 e. The summed E-state index contributed by atoms with van der Waals surface area (Å²) in [5.74, 6) is -5.06. The lowest BCUT2D eigenvalue weighted by atomic mass is 9.77. The first-order valence-corrected chi connectivity index (χ1v) is 12.3. The third-order valence-corrected chi connectivity index (χ3v) is 7.93. The average molecular weight is 484 g/mol.